The molecule has 2 aliphatic carbocycles. The van der Waals surface area contributed by atoms with Gasteiger partial charge in [-0.15, -0.1) is 0 Å². The van der Waals surface area contributed by atoms with Crippen LogP contribution in [0.15, 0.2) is 12.4 Å². The molecule has 2 aromatic rings. The second-order valence-electron chi connectivity index (χ2n) is 13.6. The van der Waals surface area contributed by atoms with Gasteiger partial charge in [-0.2, -0.15) is 0 Å². The van der Waals surface area contributed by atoms with Gasteiger partial charge in [0, 0.05) is 18.1 Å². The van der Waals surface area contributed by atoms with Gasteiger partial charge < -0.3 is 25.8 Å². The lowest BCUT2D eigenvalue weighted by atomic mass is 9.83. The summed E-state index contributed by atoms with van der Waals surface area (Å²) < 4.78 is 36.4. The molecule has 0 spiro atoms. The highest BCUT2D eigenvalue weighted by atomic mass is 35.5. The zero-order valence-electron chi connectivity index (χ0n) is 27.7. The van der Waals surface area contributed by atoms with Gasteiger partial charge in [-0.05, 0) is 122 Å². The molecule has 2 fully saturated rings. The summed E-state index contributed by atoms with van der Waals surface area (Å²) in [5.41, 5.74) is 5.23. The third-order valence-corrected chi connectivity index (χ3v) is 7.51. The largest absolute Gasteiger partial charge is 0.444 e. The zero-order valence-corrected chi connectivity index (χ0v) is 30.0. The molecule has 0 bridgehead atoms. The van der Waals surface area contributed by atoms with Crippen molar-refractivity contribution in [2.45, 2.75) is 129 Å². The molecule has 2 saturated carbocycles. The van der Waals surface area contributed by atoms with Gasteiger partial charge in [0.2, 0.25) is 10.6 Å². The third kappa shape index (κ3) is 17.4. The molecule has 47 heavy (non-hydrogen) atoms. The minimum Gasteiger partial charge on any atom is -0.444 e. The number of halogens is 5. The second kappa shape index (κ2) is 18.8. The zero-order chi connectivity index (χ0) is 35.4. The van der Waals surface area contributed by atoms with Crippen LogP contribution in [0.25, 0.3) is 0 Å². The number of aromatic nitrogens is 4. The topological polar surface area (TPSA) is 154 Å². The van der Waals surface area contributed by atoms with E-state index in [1.54, 1.807) is 0 Å². The number of carbonyl (C=O) groups excluding carboxylic acids is 2. The average molecular weight is 725 g/mol. The summed E-state index contributed by atoms with van der Waals surface area (Å²) >= 11 is 16.2. The van der Waals surface area contributed by atoms with Crippen molar-refractivity contribution in [1.82, 2.24) is 30.6 Å². The minimum atomic E-state index is -0.666. The molecule has 11 nitrogen and oxygen atoms in total. The first kappa shape index (κ1) is 40.6. The van der Waals surface area contributed by atoms with Gasteiger partial charge in [-0.3, -0.25) is 0 Å². The average Bonchev–Trinajstić information content (AvgIpc) is 2.92. The van der Waals surface area contributed by atoms with Crippen molar-refractivity contribution in [3.05, 3.63) is 45.4 Å². The van der Waals surface area contributed by atoms with Crippen molar-refractivity contribution in [3.8, 4) is 0 Å². The van der Waals surface area contributed by atoms with E-state index in [4.69, 9.17) is 50.0 Å². The van der Waals surface area contributed by atoms with Gasteiger partial charge >= 0.3 is 12.2 Å². The Morgan fingerprint density at radius 2 is 1.30 bits per heavy atom. The first-order chi connectivity index (χ1) is 21.8. The predicted molar refractivity (Wildman–Crippen MR) is 177 cm³/mol. The molecule has 264 valence electrons. The van der Waals surface area contributed by atoms with Crippen LogP contribution in [0.3, 0.4) is 0 Å². The van der Waals surface area contributed by atoms with Crippen LogP contribution >= 0.6 is 34.8 Å². The highest BCUT2D eigenvalue weighted by Crippen LogP contribution is 2.28. The summed E-state index contributed by atoms with van der Waals surface area (Å²) in [5, 5.41) is 5.52. The lowest BCUT2D eigenvalue weighted by Crippen LogP contribution is -2.44. The van der Waals surface area contributed by atoms with E-state index >= 15 is 0 Å². The molecule has 2 aliphatic rings. The van der Waals surface area contributed by atoms with E-state index in [9.17, 15) is 18.4 Å². The van der Waals surface area contributed by atoms with Gasteiger partial charge in [0.05, 0.1) is 18.1 Å². The summed E-state index contributed by atoms with van der Waals surface area (Å²) in [6.45, 7) is 11.1. The second-order valence-corrected chi connectivity index (χ2v) is 14.6. The van der Waals surface area contributed by atoms with Gasteiger partial charge in [0.25, 0.3) is 0 Å². The number of ether oxygens (including phenoxy) is 2. The Kier molecular flexibility index (Phi) is 16.2. The third-order valence-electron chi connectivity index (χ3n) is 6.88. The number of alkyl carbamates (subject to hydrolysis) is 2. The molecule has 0 aromatic carbocycles. The standard InChI is InChI=1S/C16H23ClFN3O2.C11H22N2O2.C4HCl2FN2/c1-16(2,3)23-15(22)20-11-6-4-5-10(7-11)8-13-12(18)9-19-14(17)21-13;1-11(2,3)15-10(14)13-9-6-4-5-8(12)7-9;5-3-2(7)1-8-4(6)9-3/h9-11H,4-8H2,1-3H3,(H,20,22);8-9H,4-7,12H2,1-3H3,(H,13,14);1H/t10-,11+;8-,9+;/m00./s1. The van der Waals surface area contributed by atoms with Crippen molar-refractivity contribution < 1.29 is 27.8 Å². The lowest BCUT2D eigenvalue weighted by molar-refractivity contribution is 0.0475. The molecule has 2 amide bonds. The number of hydrogen-bond donors (Lipinski definition) is 3. The van der Waals surface area contributed by atoms with Gasteiger partial charge in [-0.25, -0.2) is 38.3 Å². The SMILES string of the molecule is CC(C)(C)OC(=O)N[C@@H]1CCC[C@H](Cc2nc(Cl)ncc2F)C1.CC(C)(C)OC(=O)N[C@@H]1CCC[C@H](N)C1.Fc1cnc(Cl)nc1Cl. The predicted octanol–water partition coefficient (Wildman–Crippen LogP) is 7.60. The van der Waals surface area contributed by atoms with Crippen molar-refractivity contribution in [1.29, 1.82) is 0 Å². The maximum Gasteiger partial charge on any atom is 0.407 e. The Bertz CT molecular complexity index is 1310. The van der Waals surface area contributed by atoms with E-state index in [2.05, 4.69) is 30.6 Å². The first-order valence-corrected chi connectivity index (χ1v) is 16.7. The number of carbonyl (C=O) groups is 2. The van der Waals surface area contributed by atoms with Gasteiger partial charge in [0.1, 0.15) is 11.2 Å². The maximum absolute atomic E-state index is 13.7. The van der Waals surface area contributed by atoms with Crippen LogP contribution in [0, 0.1) is 17.6 Å². The van der Waals surface area contributed by atoms with E-state index < -0.39 is 28.9 Å². The molecule has 0 aliphatic heterocycles. The van der Waals surface area contributed by atoms with Gasteiger partial charge in [-0.1, -0.05) is 18.0 Å². The summed E-state index contributed by atoms with van der Waals surface area (Å²) in [5.74, 6) is -0.846. The number of nitrogens with two attached hydrogens (primary N) is 1. The fourth-order valence-corrected chi connectivity index (χ4v) is 5.49. The monoisotopic (exact) mass is 723 g/mol. The van der Waals surface area contributed by atoms with Crippen molar-refractivity contribution in [3.63, 3.8) is 0 Å². The Hall–Kier alpha value is -2.61. The Morgan fingerprint density at radius 3 is 1.79 bits per heavy atom. The Balaban J connectivity index is 0.000000273. The number of amides is 2. The number of nitrogens with one attached hydrogen (secondary N) is 2. The number of hydrogen-bond acceptors (Lipinski definition) is 9. The van der Waals surface area contributed by atoms with Crippen molar-refractivity contribution in [2.24, 2.45) is 11.7 Å². The molecule has 16 heteroatoms. The maximum atomic E-state index is 13.7. The minimum absolute atomic E-state index is 0.0453. The molecule has 2 heterocycles. The highest BCUT2D eigenvalue weighted by molar-refractivity contribution is 6.31. The highest BCUT2D eigenvalue weighted by Gasteiger charge is 2.27. The lowest BCUT2D eigenvalue weighted by Gasteiger charge is -2.30. The first-order valence-electron chi connectivity index (χ1n) is 15.5. The molecule has 0 saturated heterocycles. The molecule has 4 atom stereocenters. The van der Waals surface area contributed by atoms with Crippen LogP contribution in [0.4, 0.5) is 18.4 Å². The van der Waals surface area contributed by atoms with Crippen LogP contribution in [0.5, 0.6) is 0 Å². The number of rotatable bonds is 4. The summed E-state index contributed by atoms with van der Waals surface area (Å²) in [4.78, 5) is 37.6. The smallest absolute Gasteiger partial charge is 0.407 e. The van der Waals surface area contributed by atoms with E-state index in [0.717, 1.165) is 63.8 Å². The van der Waals surface area contributed by atoms with Crippen LogP contribution in [0.1, 0.15) is 98.6 Å². The Labute approximate surface area is 290 Å². The summed E-state index contributed by atoms with van der Waals surface area (Å²) in [7, 11) is 0. The fraction of sp³-hybridized carbons (Fsp3) is 0.677. The molecule has 4 N–H and O–H groups in total. The van der Waals surface area contributed by atoms with Crippen LogP contribution in [-0.4, -0.2) is 61.5 Å². The van der Waals surface area contributed by atoms with E-state index in [1.165, 1.54) is 0 Å². The summed E-state index contributed by atoms with van der Waals surface area (Å²) in [6, 6.07) is 0.450. The number of nitrogens with zero attached hydrogens (tertiary/aromatic N) is 4. The molecule has 0 unspecified atom stereocenters. The molecular weight excluding hydrogens is 679 g/mol. The normalized spacial score (nSPS) is 21.2. The molecule has 0 radical (unpaired) electrons. The van der Waals surface area contributed by atoms with E-state index in [0.29, 0.717) is 12.1 Å². The molecule has 4 rings (SSSR count). The van der Waals surface area contributed by atoms with Crippen LogP contribution < -0.4 is 16.4 Å². The van der Waals surface area contributed by atoms with Crippen molar-refractivity contribution >= 4 is 47.0 Å². The van der Waals surface area contributed by atoms with Crippen LogP contribution in [-0.2, 0) is 15.9 Å². The fourth-order valence-electron chi connectivity index (χ4n) is 5.04. The summed E-state index contributed by atoms with van der Waals surface area (Å²) in [6.07, 6.45) is 9.44. The van der Waals surface area contributed by atoms with E-state index in [1.807, 2.05) is 41.5 Å². The van der Waals surface area contributed by atoms with Crippen LogP contribution in [0.2, 0.25) is 15.7 Å². The Morgan fingerprint density at radius 1 is 0.809 bits per heavy atom. The van der Waals surface area contributed by atoms with E-state index in [-0.39, 0.29) is 45.9 Å². The van der Waals surface area contributed by atoms with Crippen molar-refractivity contribution in [2.75, 3.05) is 0 Å². The molecule has 2 aromatic heterocycles. The molecular formula is C31H46Cl3F2N7O4. The quantitative estimate of drug-likeness (QED) is 0.214. The van der Waals surface area contributed by atoms with Gasteiger partial charge in [0.15, 0.2) is 16.8 Å².